The van der Waals surface area contributed by atoms with Crippen LogP contribution in [-0.4, -0.2) is 29.7 Å². The van der Waals surface area contributed by atoms with E-state index in [9.17, 15) is 9.59 Å². The van der Waals surface area contributed by atoms with Gasteiger partial charge in [0.15, 0.2) is 5.78 Å². The van der Waals surface area contributed by atoms with Gasteiger partial charge >= 0.3 is 0 Å². The lowest BCUT2D eigenvalue weighted by atomic mass is 10.0. The predicted octanol–water partition coefficient (Wildman–Crippen LogP) is 3.36. The molecule has 1 saturated heterocycles. The Hall–Kier alpha value is -1.64. The van der Waals surface area contributed by atoms with E-state index >= 15 is 0 Å². The van der Waals surface area contributed by atoms with Gasteiger partial charge in [-0.1, -0.05) is 29.8 Å². The van der Waals surface area contributed by atoms with E-state index in [1.807, 2.05) is 36.1 Å². The Kier molecular flexibility index (Phi) is 5.33. The molecular formula is C17H23NO2. The van der Waals surface area contributed by atoms with Crippen molar-refractivity contribution in [1.82, 2.24) is 4.90 Å². The van der Waals surface area contributed by atoms with Crippen molar-refractivity contribution in [2.75, 3.05) is 13.1 Å². The number of hydrogen-bond acceptors (Lipinski definition) is 2. The maximum atomic E-state index is 12.0. The average molecular weight is 273 g/mol. The Bertz CT molecular complexity index is 458. The highest BCUT2D eigenvalue weighted by Gasteiger charge is 2.16. The Morgan fingerprint density at radius 3 is 2.30 bits per heavy atom. The molecule has 3 heteroatoms. The highest BCUT2D eigenvalue weighted by molar-refractivity contribution is 5.96. The topological polar surface area (TPSA) is 37.4 Å². The molecule has 0 N–H and O–H groups in total. The molecule has 0 saturated carbocycles. The number of amides is 1. The molecule has 2 rings (SSSR count). The van der Waals surface area contributed by atoms with Crippen LogP contribution in [0, 0.1) is 6.92 Å². The number of nitrogens with zero attached hydrogens (tertiary/aromatic N) is 1. The lowest BCUT2D eigenvalue weighted by molar-refractivity contribution is -0.132. The van der Waals surface area contributed by atoms with Gasteiger partial charge in [-0.05, 0) is 32.6 Å². The third-order valence-corrected chi connectivity index (χ3v) is 3.88. The summed E-state index contributed by atoms with van der Waals surface area (Å²) in [6.07, 6.45) is 5.08. The van der Waals surface area contributed by atoms with Crippen LogP contribution in [-0.2, 0) is 4.79 Å². The lowest BCUT2D eigenvalue weighted by Gasteiger charge is -2.26. The first-order chi connectivity index (χ1) is 9.66. The highest BCUT2D eigenvalue weighted by Crippen LogP contribution is 2.13. The second kappa shape index (κ2) is 7.22. The van der Waals surface area contributed by atoms with Crippen LogP contribution >= 0.6 is 0 Å². The van der Waals surface area contributed by atoms with Crippen LogP contribution in [0.15, 0.2) is 24.3 Å². The normalized spacial score (nSPS) is 15.2. The first kappa shape index (κ1) is 14.8. The zero-order valence-corrected chi connectivity index (χ0v) is 12.2. The third-order valence-electron chi connectivity index (χ3n) is 3.88. The fourth-order valence-electron chi connectivity index (χ4n) is 2.59. The maximum absolute atomic E-state index is 12.0. The molecule has 0 radical (unpaired) electrons. The van der Waals surface area contributed by atoms with Crippen molar-refractivity contribution in [1.29, 1.82) is 0 Å². The summed E-state index contributed by atoms with van der Waals surface area (Å²) in [7, 11) is 0. The molecule has 0 unspecified atom stereocenters. The van der Waals surface area contributed by atoms with Crippen LogP contribution in [0.5, 0.6) is 0 Å². The highest BCUT2D eigenvalue weighted by atomic mass is 16.2. The molecule has 1 aromatic carbocycles. The summed E-state index contributed by atoms with van der Waals surface area (Å²) in [5.41, 5.74) is 1.91. The van der Waals surface area contributed by atoms with E-state index in [0.717, 1.165) is 37.1 Å². The third kappa shape index (κ3) is 4.19. The second-order valence-corrected chi connectivity index (χ2v) is 5.58. The van der Waals surface area contributed by atoms with Crippen LogP contribution in [0.2, 0.25) is 0 Å². The molecule has 0 aliphatic carbocycles. The zero-order chi connectivity index (χ0) is 14.4. The number of hydrogen-bond donors (Lipinski definition) is 0. The fourth-order valence-corrected chi connectivity index (χ4v) is 2.59. The van der Waals surface area contributed by atoms with E-state index in [2.05, 4.69) is 0 Å². The molecule has 20 heavy (non-hydrogen) atoms. The Morgan fingerprint density at radius 1 is 1.00 bits per heavy atom. The summed E-state index contributed by atoms with van der Waals surface area (Å²) in [6.45, 7) is 3.79. The van der Waals surface area contributed by atoms with E-state index in [1.165, 1.54) is 6.42 Å². The monoisotopic (exact) mass is 273 g/mol. The van der Waals surface area contributed by atoms with Crippen LogP contribution in [0.1, 0.15) is 54.4 Å². The smallest absolute Gasteiger partial charge is 0.222 e. The second-order valence-electron chi connectivity index (χ2n) is 5.58. The van der Waals surface area contributed by atoms with Gasteiger partial charge in [-0.15, -0.1) is 0 Å². The van der Waals surface area contributed by atoms with E-state index in [1.54, 1.807) is 0 Å². The van der Waals surface area contributed by atoms with Crippen molar-refractivity contribution in [2.24, 2.45) is 0 Å². The minimum atomic E-state index is 0.136. The van der Waals surface area contributed by atoms with Gasteiger partial charge in [-0.25, -0.2) is 0 Å². The molecule has 1 fully saturated rings. The molecule has 1 heterocycles. The van der Waals surface area contributed by atoms with Crippen LogP contribution in [0.25, 0.3) is 0 Å². The van der Waals surface area contributed by atoms with Crippen molar-refractivity contribution in [3.8, 4) is 0 Å². The van der Waals surface area contributed by atoms with Crippen molar-refractivity contribution in [3.63, 3.8) is 0 Å². The molecule has 0 spiro atoms. The summed E-state index contributed by atoms with van der Waals surface area (Å²) >= 11 is 0. The lowest BCUT2D eigenvalue weighted by Crippen LogP contribution is -2.35. The van der Waals surface area contributed by atoms with Crippen LogP contribution < -0.4 is 0 Å². The van der Waals surface area contributed by atoms with Gasteiger partial charge < -0.3 is 4.90 Å². The molecule has 3 nitrogen and oxygen atoms in total. The number of benzene rings is 1. The molecular weight excluding hydrogens is 250 g/mol. The number of Topliss-reactive ketones (excluding diaryl/α,β-unsaturated/α-hetero) is 1. The van der Waals surface area contributed by atoms with Gasteiger partial charge in [-0.2, -0.15) is 0 Å². The molecule has 0 atom stereocenters. The van der Waals surface area contributed by atoms with Crippen molar-refractivity contribution < 1.29 is 9.59 Å². The number of carbonyl (C=O) groups is 2. The molecule has 0 aromatic heterocycles. The minimum Gasteiger partial charge on any atom is -0.343 e. The summed E-state index contributed by atoms with van der Waals surface area (Å²) < 4.78 is 0. The first-order valence-corrected chi connectivity index (χ1v) is 7.54. The molecule has 0 bridgehead atoms. The van der Waals surface area contributed by atoms with Crippen molar-refractivity contribution >= 4 is 11.7 Å². The Labute approximate surface area is 121 Å². The zero-order valence-electron chi connectivity index (χ0n) is 12.2. The molecule has 1 amide bonds. The summed E-state index contributed by atoms with van der Waals surface area (Å²) in [5.74, 6) is 0.345. The largest absolute Gasteiger partial charge is 0.343 e. The van der Waals surface area contributed by atoms with E-state index < -0.39 is 0 Å². The van der Waals surface area contributed by atoms with E-state index in [4.69, 9.17) is 0 Å². The fraction of sp³-hybridized carbons (Fsp3) is 0.529. The number of ketones is 1. The minimum absolute atomic E-state index is 0.136. The van der Waals surface area contributed by atoms with E-state index in [0.29, 0.717) is 19.3 Å². The van der Waals surface area contributed by atoms with Crippen LogP contribution in [0.3, 0.4) is 0 Å². The first-order valence-electron chi connectivity index (χ1n) is 7.54. The standard InChI is InChI=1S/C17H23NO2/c1-14-8-10-15(11-9-14)16(19)6-5-7-17(20)18-12-3-2-4-13-18/h8-11H,2-7,12-13H2,1H3. The SMILES string of the molecule is Cc1ccc(C(=O)CCCC(=O)N2CCCCC2)cc1. The summed E-state index contributed by atoms with van der Waals surface area (Å²) in [5, 5.41) is 0. The quantitative estimate of drug-likeness (QED) is 0.771. The van der Waals surface area contributed by atoms with E-state index in [-0.39, 0.29) is 11.7 Å². The Morgan fingerprint density at radius 2 is 1.65 bits per heavy atom. The molecule has 108 valence electrons. The average Bonchev–Trinajstić information content (AvgIpc) is 2.48. The summed E-state index contributed by atoms with van der Waals surface area (Å²) in [6, 6.07) is 7.63. The predicted molar refractivity (Wildman–Crippen MR) is 79.8 cm³/mol. The number of piperidine rings is 1. The van der Waals surface area contributed by atoms with Crippen molar-refractivity contribution in [3.05, 3.63) is 35.4 Å². The molecule has 1 aliphatic rings. The van der Waals surface area contributed by atoms with Crippen molar-refractivity contribution in [2.45, 2.75) is 45.4 Å². The van der Waals surface area contributed by atoms with Crippen LogP contribution in [0.4, 0.5) is 0 Å². The summed E-state index contributed by atoms with van der Waals surface area (Å²) in [4.78, 5) is 25.9. The number of rotatable bonds is 5. The van der Waals surface area contributed by atoms with Gasteiger partial charge in [0.05, 0.1) is 0 Å². The van der Waals surface area contributed by atoms with Gasteiger partial charge in [0.25, 0.3) is 0 Å². The maximum Gasteiger partial charge on any atom is 0.222 e. The molecule has 1 aromatic rings. The molecule has 1 aliphatic heterocycles. The number of carbonyl (C=O) groups excluding carboxylic acids is 2. The van der Waals surface area contributed by atoms with Gasteiger partial charge in [0.1, 0.15) is 0 Å². The number of likely N-dealkylation sites (tertiary alicyclic amines) is 1. The number of aryl methyl sites for hydroxylation is 1. The van der Waals surface area contributed by atoms with Gasteiger partial charge in [-0.3, -0.25) is 9.59 Å². The van der Waals surface area contributed by atoms with Gasteiger partial charge in [0, 0.05) is 31.5 Å². The van der Waals surface area contributed by atoms with Gasteiger partial charge in [0.2, 0.25) is 5.91 Å². The Balaban J connectivity index is 1.73.